The van der Waals surface area contributed by atoms with Crippen LogP contribution in [-0.4, -0.2) is 21.8 Å². The molecular weight excluding hydrogens is 294 g/mol. The molecular formula is C17H27N3O3. The second-order valence-electron chi connectivity index (χ2n) is 7.49. The van der Waals surface area contributed by atoms with Crippen LogP contribution in [0.3, 0.4) is 0 Å². The number of ether oxygens (including phenoxy) is 1. The molecule has 1 rings (SSSR count). The zero-order chi connectivity index (χ0) is 17.8. The zero-order valence-corrected chi connectivity index (χ0v) is 15.1. The summed E-state index contributed by atoms with van der Waals surface area (Å²) in [5.74, 6) is 0.815. The Bertz CT molecular complexity index is 589. The van der Waals surface area contributed by atoms with E-state index >= 15 is 0 Å². The third-order valence-corrected chi connectivity index (χ3v) is 2.94. The summed E-state index contributed by atoms with van der Waals surface area (Å²) in [7, 11) is 0. The molecule has 0 saturated carbocycles. The highest BCUT2D eigenvalue weighted by Gasteiger charge is 2.34. The smallest absolute Gasteiger partial charge is 0.408 e. The van der Waals surface area contributed by atoms with E-state index in [1.165, 1.54) is 0 Å². The van der Waals surface area contributed by atoms with Crippen molar-refractivity contribution in [2.45, 2.75) is 60.1 Å². The molecule has 0 aromatic carbocycles. The molecule has 1 aromatic heterocycles. The van der Waals surface area contributed by atoms with Gasteiger partial charge in [-0.25, -0.2) is 4.79 Å². The molecule has 1 N–H and O–H groups in total. The number of hydrogen-bond acceptors (Lipinski definition) is 5. The van der Waals surface area contributed by atoms with Gasteiger partial charge < -0.3 is 14.6 Å². The fourth-order valence-electron chi connectivity index (χ4n) is 1.84. The standard InChI is InChI=1S/C17H27N3O3/c1-9-10-11(2)13-19-14(23-20-13)12(16(3,4)5)18-15(21)22-17(6,7)8/h9-10,12H,1H2,2-8H3,(H,18,21)/t12-/m1/s1. The lowest BCUT2D eigenvalue weighted by molar-refractivity contribution is 0.0442. The van der Waals surface area contributed by atoms with E-state index in [1.54, 1.807) is 12.2 Å². The first-order chi connectivity index (χ1) is 10.4. The van der Waals surface area contributed by atoms with Crippen LogP contribution in [-0.2, 0) is 4.74 Å². The Morgan fingerprint density at radius 3 is 2.39 bits per heavy atom. The van der Waals surface area contributed by atoms with E-state index in [2.05, 4.69) is 22.0 Å². The summed E-state index contributed by atoms with van der Waals surface area (Å²) in [4.78, 5) is 16.5. The molecule has 0 unspecified atom stereocenters. The lowest BCUT2D eigenvalue weighted by Crippen LogP contribution is -2.40. The SMILES string of the molecule is C=CC=C(C)c1noc([C@@H](NC(=O)OC(C)(C)C)C(C)(C)C)n1. The molecule has 6 nitrogen and oxygen atoms in total. The van der Waals surface area contributed by atoms with Crippen LogP contribution in [0.2, 0.25) is 0 Å². The summed E-state index contributed by atoms with van der Waals surface area (Å²) in [6, 6.07) is -0.463. The van der Waals surface area contributed by atoms with E-state index in [9.17, 15) is 4.79 Å². The summed E-state index contributed by atoms with van der Waals surface area (Å²) in [6.07, 6.45) is 2.93. The monoisotopic (exact) mass is 321 g/mol. The summed E-state index contributed by atoms with van der Waals surface area (Å²) in [5.41, 5.74) is -0.0630. The second kappa shape index (κ2) is 6.98. The van der Waals surface area contributed by atoms with Crippen LogP contribution in [0.25, 0.3) is 5.57 Å². The lowest BCUT2D eigenvalue weighted by Gasteiger charge is -2.29. The minimum absolute atomic E-state index is 0.323. The summed E-state index contributed by atoms with van der Waals surface area (Å²) < 4.78 is 10.7. The average molecular weight is 321 g/mol. The first-order valence-corrected chi connectivity index (χ1v) is 7.57. The van der Waals surface area contributed by atoms with Crippen molar-refractivity contribution in [1.29, 1.82) is 0 Å². The normalized spacial score (nSPS) is 14.3. The molecule has 1 aromatic rings. The van der Waals surface area contributed by atoms with Crippen molar-refractivity contribution >= 4 is 11.7 Å². The van der Waals surface area contributed by atoms with Gasteiger partial charge in [-0.05, 0) is 38.7 Å². The van der Waals surface area contributed by atoms with Crippen molar-refractivity contribution in [2.75, 3.05) is 0 Å². The molecule has 0 radical (unpaired) electrons. The molecule has 0 aliphatic rings. The van der Waals surface area contributed by atoms with Crippen LogP contribution in [0, 0.1) is 5.41 Å². The zero-order valence-electron chi connectivity index (χ0n) is 15.1. The highest BCUT2D eigenvalue weighted by atomic mass is 16.6. The molecule has 0 aliphatic carbocycles. The minimum atomic E-state index is -0.574. The number of hydrogen-bond donors (Lipinski definition) is 1. The van der Waals surface area contributed by atoms with Gasteiger partial charge in [0, 0.05) is 0 Å². The number of amides is 1. The average Bonchev–Trinajstić information content (AvgIpc) is 2.81. The third kappa shape index (κ3) is 5.88. The Hall–Kier alpha value is -2.11. The molecule has 0 saturated heterocycles. The molecule has 1 heterocycles. The Morgan fingerprint density at radius 1 is 1.30 bits per heavy atom. The van der Waals surface area contributed by atoms with Gasteiger partial charge in [0.1, 0.15) is 11.6 Å². The van der Waals surface area contributed by atoms with Gasteiger partial charge in [-0.1, -0.05) is 44.7 Å². The molecule has 0 spiro atoms. The van der Waals surface area contributed by atoms with Gasteiger partial charge >= 0.3 is 6.09 Å². The van der Waals surface area contributed by atoms with Gasteiger partial charge in [-0.3, -0.25) is 0 Å². The van der Waals surface area contributed by atoms with Crippen LogP contribution < -0.4 is 5.32 Å². The van der Waals surface area contributed by atoms with Gasteiger partial charge in [0.15, 0.2) is 5.82 Å². The number of carbonyl (C=O) groups excluding carboxylic acids is 1. The van der Waals surface area contributed by atoms with Gasteiger partial charge in [0.05, 0.1) is 0 Å². The number of rotatable bonds is 4. The highest BCUT2D eigenvalue weighted by Crippen LogP contribution is 2.32. The number of nitrogens with zero attached hydrogens (tertiary/aromatic N) is 2. The molecule has 1 amide bonds. The molecule has 0 bridgehead atoms. The molecule has 0 fully saturated rings. The van der Waals surface area contributed by atoms with E-state index in [0.29, 0.717) is 11.7 Å². The number of carbonyl (C=O) groups is 1. The number of aromatic nitrogens is 2. The fraction of sp³-hybridized carbons (Fsp3) is 0.588. The molecule has 0 aliphatic heterocycles. The Balaban J connectivity index is 3.03. The Morgan fingerprint density at radius 2 is 1.91 bits per heavy atom. The van der Waals surface area contributed by atoms with Gasteiger partial charge in [0.25, 0.3) is 0 Å². The van der Waals surface area contributed by atoms with Crippen molar-refractivity contribution < 1.29 is 14.1 Å². The quantitative estimate of drug-likeness (QED) is 0.838. The Labute approximate surface area is 138 Å². The Kier molecular flexibility index (Phi) is 5.75. The van der Waals surface area contributed by atoms with Gasteiger partial charge in [0.2, 0.25) is 5.89 Å². The van der Waals surface area contributed by atoms with E-state index in [-0.39, 0.29) is 5.41 Å². The van der Waals surface area contributed by atoms with Crippen molar-refractivity contribution in [1.82, 2.24) is 15.5 Å². The molecule has 6 heteroatoms. The summed E-state index contributed by atoms with van der Waals surface area (Å²) >= 11 is 0. The first-order valence-electron chi connectivity index (χ1n) is 7.57. The van der Waals surface area contributed by atoms with Crippen molar-refractivity contribution in [3.05, 3.63) is 30.4 Å². The first kappa shape index (κ1) is 18.9. The van der Waals surface area contributed by atoms with E-state index in [0.717, 1.165) is 5.57 Å². The van der Waals surface area contributed by atoms with Crippen LogP contribution in [0.5, 0.6) is 0 Å². The van der Waals surface area contributed by atoms with Gasteiger partial charge in [-0.15, -0.1) is 0 Å². The van der Waals surface area contributed by atoms with Crippen LogP contribution in [0.1, 0.15) is 66.2 Å². The van der Waals surface area contributed by atoms with E-state index in [4.69, 9.17) is 9.26 Å². The molecule has 23 heavy (non-hydrogen) atoms. The maximum atomic E-state index is 12.1. The van der Waals surface area contributed by atoms with Crippen LogP contribution in [0.4, 0.5) is 4.79 Å². The minimum Gasteiger partial charge on any atom is -0.444 e. The van der Waals surface area contributed by atoms with Gasteiger partial charge in [-0.2, -0.15) is 4.98 Å². The number of nitrogens with one attached hydrogen (secondary N) is 1. The van der Waals surface area contributed by atoms with Crippen LogP contribution in [0.15, 0.2) is 23.3 Å². The summed E-state index contributed by atoms with van der Waals surface area (Å²) in [6.45, 7) is 16.9. The topological polar surface area (TPSA) is 77.2 Å². The van der Waals surface area contributed by atoms with Crippen LogP contribution >= 0.6 is 0 Å². The predicted octanol–water partition coefficient (Wildman–Crippen LogP) is 4.27. The number of allylic oxidation sites excluding steroid dienone is 3. The largest absolute Gasteiger partial charge is 0.444 e. The molecule has 128 valence electrons. The number of alkyl carbamates (subject to hydrolysis) is 1. The molecule has 1 atom stereocenters. The fourth-order valence-corrected chi connectivity index (χ4v) is 1.84. The third-order valence-electron chi connectivity index (χ3n) is 2.94. The maximum Gasteiger partial charge on any atom is 0.408 e. The van der Waals surface area contributed by atoms with E-state index < -0.39 is 17.7 Å². The predicted molar refractivity (Wildman–Crippen MR) is 89.7 cm³/mol. The second-order valence-corrected chi connectivity index (χ2v) is 7.49. The van der Waals surface area contributed by atoms with E-state index in [1.807, 2.05) is 48.5 Å². The highest BCUT2D eigenvalue weighted by molar-refractivity contribution is 5.68. The van der Waals surface area contributed by atoms with Crippen molar-refractivity contribution in [2.24, 2.45) is 5.41 Å². The van der Waals surface area contributed by atoms with Crippen molar-refractivity contribution in [3.8, 4) is 0 Å². The maximum absolute atomic E-state index is 12.1. The lowest BCUT2D eigenvalue weighted by atomic mass is 9.86. The van der Waals surface area contributed by atoms with Crippen molar-refractivity contribution in [3.63, 3.8) is 0 Å². The summed E-state index contributed by atoms with van der Waals surface area (Å²) in [5, 5.41) is 6.77.